The molecule has 1 aromatic rings. The predicted octanol–water partition coefficient (Wildman–Crippen LogP) is 3.51. The van der Waals surface area contributed by atoms with Crippen LogP contribution in [0, 0.1) is 17.8 Å². The van der Waals surface area contributed by atoms with Crippen LogP contribution in [-0.2, 0) is 4.79 Å². The number of rotatable bonds is 0. The van der Waals surface area contributed by atoms with Crippen LogP contribution in [0.1, 0.15) is 25.7 Å². The van der Waals surface area contributed by atoms with E-state index in [2.05, 4.69) is 10.6 Å². The van der Waals surface area contributed by atoms with Crippen LogP contribution >= 0.6 is 11.6 Å². The summed E-state index contributed by atoms with van der Waals surface area (Å²) in [5.74, 6) is 1.49. The summed E-state index contributed by atoms with van der Waals surface area (Å²) in [6, 6.07) is 5.99. The zero-order valence-corrected chi connectivity index (χ0v) is 11.4. The molecule has 1 heterocycles. The van der Waals surface area contributed by atoms with Crippen molar-refractivity contribution in [2.45, 2.75) is 31.7 Å². The van der Waals surface area contributed by atoms with Crippen molar-refractivity contribution in [2.75, 3.05) is 10.6 Å². The molecule has 2 N–H and O–H groups in total. The number of amides is 1. The smallest absolute Gasteiger partial charge is 0.229 e. The van der Waals surface area contributed by atoms with E-state index >= 15 is 0 Å². The second kappa shape index (κ2) is 4.14. The highest BCUT2D eigenvalue weighted by Gasteiger charge is 2.48. The van der Waals surface area contributed by atoms with E-state index in [-0.39, 0.29) is 11.8 Å². The maximum absolute atomic E-state index is 12.5. The lowest BCUT2D eigenvalue weighted by Crippen LogP contribution is -2.51. The third-order valence-electron chi connectivity index (χ3n) is 5.08. The second-order valence-electron chi connectivity index (χ2n) is 6.05. The topological polar surface area (TPSA) is 41.1 Å². The molecule has 2 unspecified atom stereocenters. The van der Waals surface area contributed by atoms with Gasteiger partial charge in [-0.3, -0.25) is 4.79 Å². The third-order valence-corrected chi connectivity index (χ3v) is 5.32. The molecule has 100 valence electrons. The fourth-order valence-electron chi connectivity index (χ4n) is 4.18. The molecule has 0 radical (unpaired) electrons. The van der Waals surface area contributed by atoms with Gasteiger partial charge < -0.3 is 10.6 Å². The van der Waals surface area contributed by atoms with E-state index < -0.39 is 0 Å². The van der Waals surface area contributed by atoms with E-state index in [0.29, 0.717) is 22.9 Å². The van der Waals surface area contributed by atoms with Gasteiger partial charge in [0.05, 0.1) is 17.3 Å². The number of hydrogen-bond acceptors (Lipinski definition) is 2. The van der Waals surface area contributed by atoms with Crippen molar-refractivity contribution in [1.82, 2.24) is 0 Å². The minimum atomic E-state index is 0.124. The molecule has 4 aliphatic rings. The van der Waals surface area contributed by atoms with Crippen molar-refractivity contribution in [3.8, 4) is 0 Å². The van der Waals surface area contributed by atoms with Crippen LogP contribution in [0.5, 0.6) is 0 Å². The summed E-state index contributed by atoms with van der Waals surface area (Å²) < 4.78 is 0. The Kier molecular flexibility index (Phi) is 2.52. The molecular formula is C15H17ClN2O. The Morgan fingerprint density at radius 1 is 1.05 bits per heavy atom. The Morgan fingerprint density at radius 3 is 2.58 bits per heavy atom. The molecule has 2 bridgehead atoms. The molecule has 3 nitrogen and oxygen atoms in total. The zero-order valence-electron chi connectivity index (χ0n) is 10.7. The summed E-state index contributed by atoms with van der Waals surface area (Å²) in [5.41, 5.74) is 1.84. The van der Waals surface area contributed by atoms with E-state index in [1.165, 1.54) is 25.7 Å². The van der Waals surface area contributed by atoms with Crippen molar-refractivity contribution >= 4 is 28.9 Å². The van der Waals surface area contributed by atoms with E-state index in [0.717, 1.165) is 11.4 Å². The molecule has 5 rings (SSSR count). The summed E-state index contributed by atoms with van der Waals surface area (Å²) >= 11 is 6.02. The molecular weight excluding hydrogens is 260 g/mol. The average molecular weight is 277 g/mol. The molecule has 3 fully saturated rings. The minimum Gasteiger partial charge on any atom is -0.380 e. The van der Waals surface area contributed by atoms with Gasteiger partial charge in [0.25, 0.3) is 0 Å². The Labute approximate surface area is 117 Å². The van der Waals surface area contributed by atoms with Crippen molar-refractivity contribution < 1.29 is 4.79 Å². The molecule has 0 spiro atoms. The summed E-state index contributed by atoms with van der Waals surface area (Å²) in [4.78, 5) is 12.5. The molecule has 1 amide bonds. The minimum absolute atomic E-state index is 0.124. The number of fused-ring (bicyclic) bond motifs is 3. The highest BCUT2D eigenvalue weighted by Crippen LogP contribution is 2.48. The number of anilines is 2. The fraction of sp³-hybridized carbons (Fsp3) is 0.533. The lowest BCUT2D eigenvalue weighted by Gasteiger charge is -2.47. The highest BCUT2D eigenvalue weighted by molar-refractivity contribution is 6.31. The van der Waals surface area contributed by atoms with Gasteiger partial charge in [0.1, 0.15) is 0 Å². The van der Waals surface area contributed by atoms with Crippen LogP contribution in [0.2, 0.25) is 5.02 Å². The van der Waals surface area contributed by atoms with Crippen LogP contribution in [0.25, 0.3) is 0 Å². The van der Waals surface area contributed by atoms with Crippen LogP contribution in [0.4, 0.5) is 11.4 Å². The number of carbonyl (C=O) groups excluding carboxylic acids is 1. The van der Waals surface area contributed by atoms with E-state index in [1.807, 2.05) is 18.2 Å². The van der Waals surface area contributed by atoms with Gasteiger partial charge in [-0.05, 0) is 55.7 Å². The fourth-order valence-corrected chi connectivity index (χ4v) is 4.35. The molecule has 1 aliphatic heterocycles. The quantitative estimate of drug-likeness (QED) is 0.761. The molecule has 19 heavy (non-hydrogen) atoms. The third kappa shape index (κ3) is 1.75. The lowest BCUT2D eigenvalue weighted by molar-refractivity contribution is -0.125. The van der Waals surface area contributed by atoms with E-state index in [9.17, 15) is 4.79 Å². The maximum Gasteiger partial charge on any atom is 0.229 e. The molecule has 0 aromatic heterocycles. The Hall–Kier alpha value is -1.22. The summed E-state index contributed by atoms with van der Waals surface area (Å²) in [6.07, 6.45) is 4.93. The van der Waals surface area contributed by atoms with E-state index in [1.54, 1.807) is 0 Å². The van der Waals surface area contributed by atoms with Crippen molar-refractivity contribution in [2.24, 2.45) is 17.8 Å². The number of nitrogens with one attached hydrogen (secondary N) is 2. The van der Waals surface area contributed by atoms with Crippen molar-refractivity contribution in [1.29, 1.82) is 0 Å². The zero-order chi connectivity index (χ0) is 13.0. The first-order chi connectivity index (χ1) is 9.22. The van der Waals surface area contributed by atoms with Crippen LogP contribution in [0.3, 0.4) is 0 Å². The SMILES string of the molecule is O=C1Nc2cc(Cl)ccc2NC2C3CCC(CC3)C12. The van der Waals surface area contributed by atoms with Gasteiger partial charge >= 0.3 is 0 Å². The second-order valence-corrected chi connectivity index (χ2v) is 6.49. The van der Waals surface area contributed by atoms with Crippen LogP contribution in [0.15, 0.2) is 18.2 Å². The monoisotopic (exact) mass is 276 g/mol. The Balaban J connectivity index is 1.77. The molecule has 1 aromatic carbocycles. The number of hydrogen-bond donors (Lipinski definition) is 2. The van der Waals surface area contributed by atoms with Gasteiger partial charge in [-0.2, -0.15) is 0 Å². The highest BCUT2D eigenvalue weighted by atomic mass is 35.5. The van der Waals surface area contributed by atoms with Gasteiger partial charge in [0, 0.05) is 11.1 Å². The molecule has 3 aliphatic carbocycles. The average Bonchev–Trinajstić information content (AvgIpc) is 2.57. The standard InChI is InChI=1S/C15H17ClN2O/c16-10-5-6-11-12(7-10)18-15(19)13-8-1-3-9(4-2-8)14(13)17-11/h5-9,13-14,17H,1-4H2,(H,18,19). The molecule has 0 saturated heterocycles. The van der Waals surface area contributed by atoms with E-state index in [4.69, 9.17) is 11.6 Å². The summed E-state index contributed by atoms with van der Waals surface area (Å²) in [7, 11) is 0. The van der Waals surface area contributed by atoms with Crippen molar-refractivity contribution in [3.63, 3.8) is 0 Å². The van der Waals surface area contributed by atoms with Gasteiger partial charge in [-0.25, -0.2) is 0 Å². The van der Waals surface area contributed by atoms with Gasteiger partial charge in [0.2, 0.25) is 5.91 Å². The maximum atomic E-state index is 12.5. The molecule has 3 saturated carbocycles. The normalized spacial score (nSPS) is 35.7. The first kappa shape index (κ1) is 11.6. The number of benzene rings is 1. The number of halogens is 1. The Morgan fingerprint density at radius 2 is 1.79 bits per heavy atom. The van der Waals surface area contributed by atoms with Gasteiger partial charge in [0.15, 0.2) is 0 Å². The largest absolute Gasteiger partial charge is 0.380 e. The van der Waals surface area contributed by atoms with Gasteiger partial charge in [-0.15, -0.1) is 0 Å². The van der Waals surface area contributed by atoms with Crippen molar-refractivity contribution in [3.05, 3.63) is 23.2 Å². The summed E-state index contributed by atoms with van der Waals surface area (Å²) in [5, 5.41) is 7.33. The first-order valence-electron chi connectivity index (χ1n) is 7.09. The first-order valence-corrected chi connectivity index (χ1v) is 7.47. The Bertz CT molecular complexity index is 537. The number of carbonyl (C=O) groups is 1. The summed E-state index contributed by atoms with van der Waals surface area (Å²) in [6.45, 7) is 0. The lowest BCUT2D eigenvalue weighted by atomic mass is 9.61. The predicted molar refractivity (Wildman–Crippen MR) is 76.4 cm³/mol. The molecule has 2 atom stereocenters. The van der Waals surface area contributed by atoms with Gasteiger partial charge in [-0.1, -0.05) is 11.6 Å². The van der Waals surface area contributed by atoms with Crippen LogP contribution in [-0.4, -0.2) is 11.9 Å². The van der Waals surface area contributed by atoms with Crippen LogP contribution < -0.4 is 10.6 Å². The molecule has 4 heteroatoms.